The molecule has 7 aromatic carbocycles. The zero-order valence-electron chi connectivity index (χ0n) is 25.4. The molecular weight excluding hydrogens is 610 g/mol. The highest BCUT2D eigenvalue weighted by atomic mass is 32.1. The summed E-state index contributed by atoms with van der Waals surface area (Å²) in [5.41, 5.74) is 5.19. The summed E-state index contributed by atoms with van der Waals surface area (Å²) < 4.78 is 17.5. The maximum atomic E-state index is 15.0. The van der Waals surface area contributed by atoms with Crippen LogP contribution in [0.5, 0.6) is 0 Å². The number of pyridine rings is 1. The first-order valence-electron chi connectivity index (χ1n) is 15.7. The Kier molecular flexibility index (Phi) is 6.64. The summed E-state index contributed by atoms with van der Waals surface area (Å²) in [6.45, 7) is 0. The minimum absolute atomic E-state index is 0.826. The van der Waals surface area contributed by atoms with E-state index in [0.29, 0.717) is 0 Å². The van der Waals surface area contributed by atoms with E-state index < -0.39 is 7.14 Å². The molecule has 2 nitrogen and oxygen atoms in total. The van der Waals surface area contributed by atoms with E-state index in [1.54, 1.807) is 0 Å². The molecule has 9 rings (SSSR count). The molecule has 0 saturated heterocycles. The van der Waals surface area contributed by atoms with Gasteiger partial charge in [-0.1, -0.05) is 152 Å². The minimum Gasteiger partial charge on any atom is -0.309 e. The first-order valence-corrected chi connectivity index (χ1v) is 18.3. The maximum absolute atomic E-state index is 15.0. The molecule has 0 spiro atoms. The molecule has 0 N–H and O–H groups in total. The van der Waals surface area contributed by atoms with Gasteiger partial charge in [0.25, 0.3) is 0 Å². The van der Waals surface area contributed by atoms with Crippen LogP contribution in [0.15, 0.2) is 170 Å². The SMILES string of the molecule is O=P(c1ccccc1)(c1ccccc1)c1cccc(-c2ccc(-c3nc4ccc5ccccc5c4c4c3sc3ccccc34)cc2)c1. The van der Waals surface area contributed by atoms with Gasteiger partial charge in [0, 0.05) is 42.3 Å². The van der Waals surface area contributed by atoms with Crippen molar-refractivity contribution in [1.29, 1.82) is 0 Å². The van der Waals surface area contributed by atoms with E-state index in [9.17, 15) is 0 Å². The first kappa shape index (κ1) is 27.9. The zero-order chi connectivity index (χ0) is 31.4. The van der Waals surface area contributed by atoms with Crippen LogP contribution in [-0.2, 0) is 4.57 Å². The number of thiophene rings is 1. The zero-order valence-corrected chi connectivity index (χ0v) is 27.1. The van der Waals surface area contributed by atoms with E-state index in [4.69, 9.17) is 4.98 Å². The van der Waals surface area contributed by atoms with E-state index >= 15 is 4.57 Å². The minimum atomic E-state index is -3.07. The van der Waals surface area contributed by atoms with Gasteiger partial charge in [-0.15, -0.1) is 11.3 Å². The molecule has 0 aliphatic heterocycles. The topological polar surface area (TPSA) is 30.0 Å². The van der Waals surface area contributed by atoms with Crippen LogP contribution in [0, 0.1) is 0 Å². The molecule has 0 aliphatic rings. The summed E-state index contributed by atoms with van der Waals surface area (Å²) in [6, 6.07) is 58.2. The third-order valence-electron chi connectivity index (χ3n) is 9.14. The molecule has 0 atom stereocenters. The molecule has 0 radical (unpaired) electrons. The smallest absolute Gasteiger partial charge is 0.171 e. The van der Waals surface area contributed by atoms with Gasteiger partial charge >= 0.3 is 0 Å². The summed E-state index contributed by atoms with van der Waals surface area (Å²) in [7, 11) is -3.07. The number of fused-ring (bicyclic) bond motifs is 7. The summed E-state index contributed by atoms with van der Waals surface area (Å²) >= 11 is 1.81. The fourth-order valence-electron chi connectivity index (χ4n) is 6.87. The number of nitrogens with zero attached hydrogens (tertiary/aromatic N) is 1. The average Bonchev–Trinajstić information content (AvgIpc) is 3.54. The van der Waals surface area contributed by atoms with Gasteiger partial charge in [-0.05, 0) is 40.1 Å². The van der Waals surface area contributed by atoms with Crippen LogP contribution in [0.2, 0.25) is 0 Å². The summed E-state index contributed by atoms with van der Waals surface area (Å²) in [6.07, 6.45) is 0. The van der Waals surface area contributed by atoms with Gasteiger partial charge in [0.2, 0.25) is 0 Å². The van der Waals surface area contributed by atoms with E-state index in [1.165, 1.54) is 36.3 Å². The molecule has 4 heteroatoms. The van der Waals surface area contributed by atoms with E-state index in [1.807, 2.05) is 84.1 Å². The maximum Gasteiger partial charge on any atom is 0.171 e. The second kappa shape index (κ2) is 11.2. The highest BCUT2D eigenvalue weighted by molar-refractivity contribution is 7.85. The Balaban J connectivity index is 1.18. The lowest BCUT2D eigenvalue weighted by molar-refractivity contribution is 0.592. The Morgan fingerprint density at radius 3 is 1.83 bits per heavy atom. The van der Waals surface area contributed by atoms with Crippen LogP contribution >= 0.6 is 18.5 Å². The molecule has 2 aromatic heterocycles. The molecule has 47 heavy (non-hydrogen) atoms. The van der Waals surface area contributed by atoms with Crippen LogP contribution in [0.25, 0.3) is 64.2 Å². The molecule has 222 valence electrons. The van der Waals surface area contributed by atoms with Crippen molar-refractivity contribution in [3.63, 3.8) is 0 Å². The normalized spacial score (nSPS) is 11.9. The predicted molar refractivity (Wildman–Crippen MR) is 202 cm³/mol. The fraction of sp³-hybridized carbons (Fsp3) is 0. The monoisotopic (exact) mass is 637 g/mol. The Labute approximate surface area is 277 Å². The molecule has 9 aromatic rings. The molecule has 2 heterocycles. The molecule has 0 bridgehead atoms. The largest absolute Gasteiger partial charge is 0.309 e. The summed E-state index contributed by atoms with van der Waals surface area (Å²) in [5.74, 6) is 0. The van der Waals surface area contributed by atoms with Crippen molar-refractivity contribution in [2.75, 3.05) is 0 Å². The third-order valence-corrected chi connectivity index (χ3v) is 13.4. The van der Waals surface area contributed by atoms with Crippen molar-refractivity contribution in [3.05, 3.63) is 170 Å². The Bertz CT molecular complexity index is 2600. The average molecular weight is 638 g/mol. The van der Waals surface area contributed by atoms with Crippen LogP contribution in [0.4, 0.5) is 0 Å². The quantitative estimate of drug-likeness (QED) is 0.139. The molecule has 0 unspecified atom stereocenters. The van der Waals surface area contributed by atoms with Gasteiger partial charge < -0.3 is 4.57 Å². The van der Waals surface area contributed by atoms with Crippen molar-refractivity contribution in [3.8, 4) is 22.4 Å². The lowest BCUT2D eigenvalue weighted by Crippen LogP contribution is -2.25. The van der Waals surface area contributed by atoms with Gasteiger partial charge in [-0.3, -0.25) is 0 Å². The highest BCUT2D eigenvalue weighted by Crippen LogP contribution is 2.45. The standard InChI is InChI=1S/C43H28NOPS/c45-46(33-14-3-1-4-15-33,34-16-5-2-6-17-34)35-18-11-13-32(28-35)29-22-24-31(25-23-29)42-43-41(37-20-9-10-21-39(37)47-43)40-36-19-8-7-12-30(36)26-27-38(40)44-42/h1-28H. The molecule has 0 aliphatic carbocycles. The van der Waals surface area contributed by atoms with Crippen molar-refractivity contribution in [1.82, 2.24) is 4.98 Å². The number of rotatable bonds is 5. The molecular formula is C43H28NOPS. The first-order chi connectivity index (χ1) is 23.2. The van der Waals surface area contributed by atoms with Crippen LogP contribution in [-0.4, -0.2) is 4.98 Å². The summed E-state index contributed by atoms with van der Waals surface area (Å²) in [4.78, 5) is 5.31. The summed E-state index contributed by atoms with van der Waals surface area (Å²) in [5, 5.41) is 8.71. The van der Waals surface area contributed by atoms with Gasteiger partial charge in [0.15, 0.2) is 7.14 Å². The second-order valence-corrected chi connectivity index (χ2v) is 15.7. The Morgan fingerprint density at radius 2 is 1.09 bits per heavy atom. The van der Waals surface area contributed by atoms with Crippen molar-refractivity contribution in [2.24, 2.45) is 0 Å². The van der Waals surface area contributed by atoms with Crippen molar-refractivity contribution >= 4 is 76.2 Å². The van der Waals surface area contributed by atoms with E-state index in [-0.39, 0.29) is 0 Å². The Morgan fingerprint density at radius 1 is 0.468 bits per heavy atom. The number of hydrogen-bond donors (Lipinski definition) is 0. The fourth-order valence-corrected chi connectivity index (χ4v) is 10.8. The van der Waals surface area contributed by atoms with Gasteiger partial charge in [0.05, 0.1) is 15.9 Å². The third kappa shape index (κ3) is 4.54. The van der Waals surface area contributed by atoms with Gasteiger partial charge in [-0.2, -0.15) is 0 Å². The molecule has 0 amide bonds. The van der Waals surface area contributed by atoms with Gasteiger partial charge in [0.1, 0.15) is 0 Å². The number of benzene rings is 7. The highest BCUT2D eigenvalue weighted by Gasteiger charge is 2.29. The van der Waals surface area contributed by atoms with Crippen molar-refractivity contribution in [2.45, 2.75) is 0 Å². The number of hydrogen-bond acceptors (Lipinski definition) is 3. The molecule has 0 saturated carbocycles. The predicted octanol–water partition coefficient (Wildman–Crippen LogP) is 10.7. The van der Waals surface area contributed by atoms with Crippen LogP contribution in [0.1, 0.15) is 0 Å². The van der Waals surface area contributed by atoms with E-state index in [2.05, 4.69) is 97.1 Å². The number of aromatic nitrogens is 1. The lowest BCUT2D eigenvalue weighted by Gasteiger charge is -2.20. The van der Waals surface area contributed by atoms with Gasteiger partial charge in [-0.25, -0.2) is 4.98 Å². The molecule has 0 fully saturated rings. The second-order valence-electron chi connectivity index (χ2n) is 11.9. The van der Waals surface area contributed by atoms with Crippen LogP contribution in [0.3, 0.4) is 0 Å². The van der Waals surface area contributed by atoms with E-state index in [0.717, 1.165) is 43.8 Å². The van der Waals surface area contributed by atoms with Crippen LogP contribution < -0.4 is 15.9 Å². The lowest BCUT2D eigenvalue weighted by atomic mass is 9.98. The van der Waals surface area contributed by atoms with Crippen molar-refractivity contribution < 1.29 is 4.57 Å². The Hall–Kier alpha value is -5.34.